The van der Waals surface area contributed by atoms with E-state index in [1.807, 2.05) is 0 Å². The highest BCUT2D eigenvalue weighted by atomic mass is 79.9. The second-order valence-electron chi connectivity index (χ2n) is 1.62. The van der Waals surface area contributed by atoms with Crippen LogP contribution in [0.3, 0.4) is 0 Å². The number of ether oxygens (including phenoxy) is 1. The van der Waals surface area contributed by atoms with Gasteiger partial charge in [-0.2, -0.15) is 0 Å². The Morgan fingerprint density at radius 3 is 2.55 bits per heavy atom. The molecular formula is C8H9BrO2. The van der Waals surface area contributed by atoms with Crippen LogP contribution in [0.15, 0.2) is 37.1 Å². The number of alkyl halides is 1. The predicted octanol–water partition coefficient (Wildman–Crippen LogP) is 2.18. The van der Waals surface area contributed by atoms with Crippen LogP contribution in [0.4, 0.5) is 0 Å². The van der Waals surface area contributed by atoms with Gasteiger partial charge in [-0.3, -0.25) is 4.79 Å². The first-order valence-corrected chi connectivity index (χ1v) is 4.08. The van der Waals surface area contributed by atoms with E-state index in [-0.39, 0.29) is 11.3 Å². The molecule has 0 saturated carbocycles. The zero-order valence-corrected chi connectivity index (χ0v) is 7.63. The molecule has 0 N–H and O–H groups in total. The molecule has 0 aromatic carbocycles. The van der Waals surface area contributed by atoms with E-state index >= 15 is 0 Å². The minimum absolute atomic E-state index is 0.176. The van der Waals surface area contributed by atoms with E-state index < -0.39 is 0 Å². The van der Waals surface area contributed by atoms with Crippen molar-refractivity contribution in [3.63, 3.8) is 0 Å². The van der Waals surface area contributed by atoms with Gasteiger partial charge in [0, 0.05) is 0 Å². The molecule has 0 aliphatic heterocycles. The van der Waals surface area contributed by atoms with Gasteiger partial charge in [-0.15, -0.1) is 0 Å². The van der Waals surface area contributed by atoms with Crippen molar-refractivity contribution in [1.29, 1.82) is 0 Å². The molecule has 3 heteroatoms. The fourth-order valence-electron chi connectivity index (χ4n) is 0.419. The maximum Gasteiger partial charge on any atom is 0.321 e. The van der Waals surface area contributed by atoms with Crippen LogP contribution in [-0.4, -0.2) is 11.3 Å². The van der Waals surface area contributed by atoms with Crippen molar-refractivity contribution in [3.8, 4) is 0 Å². The monoisotopic (exact) mass is 216 g/mol. The quantitative estimate of drug-likeness (QED) is 0.312. The van der Waals surface area contributed by atoms with Gasteiger partial charge in [0.25, 0.3) is 0 Å². The molecule has 2 nitrogen and oxygen atoms in total. The first kappa shape index (κ1) is 10.2. The number of hydrogen-bond acceptors (Lipinski definition) is 2. The Kier molecular flexibility index (Phi) is 5.47. The lowest BCUT2D eigenvalue weighted by molar-refractivity contribution is -0.135. The SMILES string of the molecule is C=C/C=C(\C=C)OC(=O)CBr. The van der Waals surface area contributed by atoms with Crippen LogP contribution in [0, 0.1) is 0 Å². The molecule has 11 heavy (non-hydrogen) atoms. The Bertz CT molecular complexity index is 194. The summed E-state index contributed by atoms with van der Waals surface area (Å²) in [5, 5.41) is 0.176. The van der Waals surface area contributed by atoms with Crippen molar-refractivity contribution < 1.29 is 9.53 Å². The minimum atomic E-state index is -0.349. The van der Waals surface area contributed by atoms with E-state index in [1.165, 1.54) is 12.2 Å². The van der Waals surface area contributed by atoms with Gasteiger partial charge >= 0.3 is 5.97 Å². The first-order valence-electron chi connectivity index (χ1n) is 2.96. The minimum Gasteiger partial charge on any atom is -0.426 e. The first-order chi connectivity index (χ1) is 5.24. The van der Waals surface area contributed by atoms with Gasteiger partial charge in [-0.25, -0.2) is 0 Å². The number of rotatable bonds is 4. The van der Waals surface area contributed by atoms with Crippen molar-refractivity contribution in [2.75, 3.05) is 5.33 Å². The second kappa shape index (κ2) is 5.92. The second-order valence-corrected chi connectivity index (χ2v) is 2.18. The van der Waals surface area contributed by atoms with Gasteiger partial charge < -0.3 is 4.74 Å². The molecule has 0 aliphatic carbocycles. The standard InChI is InChI=1S/C8H9BrO2/c1-3-5-7(4-2)11-8(10)6-9/h3-5H,1-2,6H2/b7-5+. The third-order valence-corrected chi connectivity index (χ3v) is 1.28. The van der Waals surface area contributed by atoms with E-state index in [0.717, 1.165) is 0 Å². The van der Waals surface area contributed by atoms with Crippen LogP contribution < -0.4 is 0 Å². The maximum atomic E-state index is 10.7. The molecule has 0 amide bonds. The number of esters is 1. The molecule has 0 fully saturated rings. The van der Waals surface area contributed by atoms with Crippen LogP contribution in [-0.2, 0) is 9.53 Å². The van der Waals surface area contributed by atoms with Gasteiger partial charge in [0.15, 0.2) is 0 Å². The molecular weight excluding hydrogens is 208 g/mol. The molecule has 0 aromatic rings. The summed E-state index contributed by atoms with van der Waals surface area (Å²) < 4.78 is 4.78. The summed E-state index contributed by atoms with van der Waals surface area (Å²) in [4.78, 5) is 10.7. The molecule has 0 atom stereocenters. The molecule has 0 rings (SSSR count). The summed E-state index contributed by atoms with van der Waals surface area (Å²) in [7, 11) is 0. The van der Waals surface area contributed by atoms with Gasteiger partial charge in [-0.1, -0.05) is 35.2 Å². The average Bonchev–Trinajstić information content (AvgIpc) is 2.03. The number of halogens is 1. The van der Waals surface area contributed by atoms with Crippen LogP contribution in [0.25, 0.3) is 0 Å². The molecule has 0 saturated heterocycles. The van der Waals surface area contributed by atoms with E-state index in [1.54, 1.807) is 6.08 Å². The Balaban J connectivity index is 4.08. The smallest absolute Gasteiger partial charge is 0.321 e. The third kappa shape index (κ3) is 4.56. The molecule has 0 aliphatic rings. The number of carbonyl (C=O) groups excluding carboxylic acids is 1. The van der Waals surface area contributed by atoms with Crippen LogP contribution >= 0.6 is 15.9 Å². The van der Waals surface area contributed by atoms with E-state index in [0.29, 0.717) is 5.76 Å². The number of allylic oxidation sites excluding steroid dienone is 3. The van der Waals surface area contributed by atoms with Gasteiger partial charge in [-0.05, 0) is 12.2 Å². The fourth-order valence-corrected chi connectivity index (χ4v) is 0.533. The lowest BCUT2D eigenvalue weighted by Crippen LogP contribution is -2.03. The molecule has 0 aromatic heterocycles. The Morgan fingerprint density at radius 1 is 1.55 bits per heavy atom. The zero-order valence-electron chi connectivity index (χ0n) is 6.05. The Hall–Kier alpha value is -0.830. The van der Waals surface area contributed by atoms with E-state index in [2.05, 4.69) is 29.1 Å². The highest BCUT2D eigenvalue weighted by Crippen LogP contribution is 2.00. The van der Waals surface area contributed by atoms with Gasteiger partial charge in [0.05, 0.1) is 0 Å². The molecule has 0 unspecified atom stereocenters. The van der Waals surface area contributed by atoms with E-state index in [9.17, 15) is 4.79 Å². The Labute approximate surface area is 74.4 Å². The normalized spacial score (nSPS) is 10.5. The summed E-state index contributed by atoms with van der Waals surface area (Å²) in [5.74, 6) is 0.0578. The highest BCUT2D eigenvalue weighted by Gasteiger charge is 1.99. The average molecular weight is 217 g/mol. The van der Waals surface area contributed by atoms with Gasteiger partial charge in [0.1, 0.15) is 11.1 Å². The largest absolute Gasteiger partial charge is 0.426 e. The molecule has 0 heterocycles. The zero-order chi connectivity index (χ0) is 8.69. The number of carbonyl (C=O) groups is 1. The fraction of sp³-hybridized carbons (Fsp3) is 0.125. The van der Waals surface area contributed by atoms with Crippen molar-refractivity contribution in [2.45, 2.75) is 0 Å². The van der Waals surface area contributed by atoms with Crippen molar-refractivity contribution >= 4 is 21.9 Å². The summed E-state index contributed by atoms with van der Waals surface area (Å²) in [6, 6.07) is 0. The van der Waals surface area contributed by atoms with Gasteiger partial charge in [0.2, 0.25) is 0 Å². The Morgan fingerprint density at radius 2 is 2.18 bits per heavy atom. The van der Waals surface area contributed by atoms with Crippen molar-refractivity contribution in [3.05, 3.63) is 37.1 Å². The summed E-state index contributed by atoms with van der Waals surface area (Å²) in [5.41, 5.74) is 0. The maximum absolute atomic E-state index is 10.7. The number of hydrogen-bond donors (Lipinski definition) is 0. The predicted molar refractivity (Wildman–Crippen MR) is 48.4 cm³/mol. The van der Waals surface area contributed by atoms with Crippen LogP contribution in [0.2, 0.25) is 0 Å². The topological polar surface area (TPSA) is 26.3 Å². The van der Waals surface area contributed by atoms with Crippen LogP contribution in [0.1, 0.15) is 0 Å². The summed E-state index contributed by atoms with van der Waals surface area (Å²) >= 11 is 2.96. The highest BCUT2D eigenvalue weighted by molar-refractivity contribution is 9.09. The third-order valence-electron chi connectivity index (χ3n) is 0.824. The molecule has 60 valence electrons. The van der Waals surface area contributed by atoms with E-state index in [4.69, 9.17) is 4.74 Å². The summed E-state index contributed by atoms with van der Waals surface area (Å²) in [6.07, 6.45) is 4.54. The molecule has 0 spiro atoms. The lowest BCUT2D eigenvalue weighted by Gasteiger charge is -1.99. The molecule has 0 bridgehead atoms. The lowest BCUT2D eigenvalue weighted by atomic mass is 10.4. The van der Waals surface area contributed by atoms with Crippen molar-refractivity contribution in [1.82, 2.24) is 0 Å². The molecule has 0 radical (unpaired) electrons. The van der Waals surface area contributed by atoms with Crippen molar-refractivity contribution in [2.24, 2.45) is 0 Å². The van der Waals surface area contributed by atoms with Crippen LogP contribution in [0.5, 0.6) is 0 Å². The summed E-state index contributed by atoms with van der Waals surface area (Å²) in [6.45, 7) is 6.91.